The van der Waals surface area contributed by atoms with Gasteiger partial charge in [-0.2, -0.15) is 0 Å². The molecule has 0 spiro atoms. The van der Waals surface area contributed by atoms with E-state index in [9.17, 15) is 14.4 Å². The molecular formula is C21H21N3O3. The van der Waals surface area contributed by atoms with Crippen molar-refractivity contribution in [3.63, 3.8) is 0 Å². The molecule has 1 saturated carbocycles. The molecule has 0 atom stereocenters. The van der Waals surface area contributed by atoms with E-state index in [0.717, 1.165) is 18.4 Å². The highest BCUT2D eigenvalue weighted by Gasteiger charge is 2.24. The van der Waals surface area contributed by atoms with Gasteiger partial charge in [-0.15, -0.1) is 0 Å². The van der Waals surface area contributed by atoms with E-state index in [0.29, 0.717) is 16.9 Å². The molecule has 2 aromatic rings. The maximum atomic E-state index is 12.3. The second-order valence-corrected chi connectivity index (χ2v) is 6.42. The van der Waals surface area contributed by atoms with Crippen LogP contribution in [0.5, 0.6) is 0 Å². The first-order valence-electron chi connectivity index (χ1n) is 8.78. The van der Waals surface area contributed by atoms with Crippen LogP contribution in [0.2, 0.25) is 0 Å². The number of carbonyl (C=O) groups is 3. The molecule has 3 amide bonds. The summed E-state index contributed by atoms with van der Waals surface area (Å²) in [6, 6.07) is 14.3. The first-order chi connectivity index (χ1) is 13.0. The van der Waals surface area contributed by atoms with Crippen LogP contribution in [0.1, 0.15) is 35.7 Å². The van der Waals surface area contributed by atoms with Gasteiger partial charge in [0.2, 0.25) is 11.8 Å². The molecule has 0 saturated heterocycles. The van der Waals surface area contributed by atoms with Crippen molar-refractivity contribution in [1.29, 1.82) is 0 Å². The molecule has 6 heteroatoms. The number of anilines is 2. The Morgan fingerprint density at radius 1 is 0.963 bits per heavy atom. The van der Waals surface area contributed by atoms with Crippen molar-refractivity contribution in [3.8, 4) is 0 Å². The molecule has 138 valence electrons. The average molecular weight is 363 g/mol. The molecule has 0 heterocycles. The Bertz CT molecular complexity index is 884. The monoisotopic (exact) mass is 363 g/mol. The molecule has 0 unspecified atom stereocenters. The Hall–Kier alpha value is -3.41. The van der Waals surface area contributed by atoms with Gasteiger partial charge in [-0.25, -0.2) is 0 Å². The van der Waals surface area contributed by atoms with E-state index in [1.165, 1.54) is 13.0 Å². The fourth-order valence-electron chi connectivity index (χ4n) is 2.51. The minimum atomic E-state index is -0.326. The average Bonchev–Trinajstić information content (AvgIpc) is 3.45. The van der Waals surface area contributed by atoms with E-state index < -0.39 is 0 Å². The third-order valence-corrected chi connectivity index (χ3v) is 4.00. The summed E-state index contributed by atoms with van der Waals surface area (Å²) >= 11 is 0. The molecule has 0 bridgehead atoms. The van der Waals surface area contributed by atoms with Gasteiger partial charge in [-0.3, -0.25) is 14.4 Å². The summed E-state index contributed by atoms with van der Waals surface area (Å²) < 4.78 is 0. The zero-order chi connectivity index (χ0) is 19.2. The molecule has 2 aromatic carbocycles. The van der Waals surface area contributed by atoms with Gasteiger partial charge < -0.3 is 16.0 Å². The van der Waals surface area contributed by atoms with E-state index in [4.69, 9.17) is 0 Å². The standard InChI is InChI=1S/C21H21N3O3/c1-14(25)22-16-9-6-15(7-10-16)8-13-20(26)24-19-5-3-2-4-18(19)21(27)23-17-11-12-17/h2-10,13,17H,11-12H2,1H3,(H,22,25)(H,23,27)(H,24,26)/b13-8+. The second-order valence-electron chi connectivity index (χ2n) is 6.42. The first-order valence-corrected chi connectivity index (χ1v) is 8.78. The van der Waals surface area contributed by atoms with Gasteiger partial charge in [-0.1, -0.05) is 24.3 Å². The number of para-hydroxylation sites is 1. The van der Waals surface area contributed by atoms with Crippen LogP contribution in [0.15, 0.2) is 54.6 Å². The van der Waals surface area contributed by atoms with Gasteiger partial charge in [-0.05, 0) is 48.7 Å². The van der Waals surface area contributed by atoms with Gasteiger partial charge in [0.15, 0.2) is 0 Å². The molecular weight excluding hydrogens is 342 g/mol. The maximum Gasteiger partial charge on any atom is 0.253 e. The third-order valence-electron chi connectivity index (χ3n) is 4.00. The molecule has 0 radical (unpaired) electrons. The second kappa shape index (κ2) is 8.31. The predicted octanol–water partition coefficient (Wildman–Crippen LogP) is 3.19. The number of amides is 3. The Balaban J connectivity index is 1.62. The van der Waals surface area contributed by atoms with Crippen LogP contribution in [0.4, 0.5) is 11.4 Å². The van der Waals surface area contributed by atoms with E-state index >= 15 is 0 Å². The number of benzene rings is 2. The van der Waals surface area contributed by atoms with Crippen LogP contribution < -0.4 is 16.0 Å². The molecule has 27 heavy (non-hydrogen) atoms. The van der Waals surface area contributed by atoms with Gasteiger partial charge in [0.25, 0.3) is 5.91 Å². The summed E-state index contributed by atoms with van der Waals surface area (Å²) in [5.41, 5.74) is 2.44. The Labute approximate surface area is 157 Å². The largest absolute Gasteiger partial charge is 0.349 e. The van der Waals surface area contributed by atoms with Gasteiger partial charge >= 0.3 is 0 Å². The number of hydrogen-bond acceptors (Lipinski definition) is 3. The lowest BCUT2D eigenvalue weighted by molar-refractivity contribution is -0.114. The molecule has 1 fully saturated rings. The summed E-state index contributed by atoms with van der Waals surface area (Å²) in [5.74, 6) is -0.638. The van der Waals surface area contributed by atoms with E-state index in [1.807, 2.05) is 0 Å². The molecule has 3 rings (SSSR count). The molecule has 3 N–H and O–H groups in total. The molecule has 0 aliphatic heterocycles. The lowest BCUT2D eigenvalue weighted by atomic mass is 10.1. The normalized spacial score (nSPS) is 13.2. The van der Waals surface area contributed by atoms with E-state index in [1.54, 1.807) is 54.6 Å². The number of rotatable bonds is 6. The van der Waals surface area contributed by atoms with Crippen molar-refractivity contribution in [2.45, 2.75) is 25.8 Å². The summed E-state index contributed by atoms with van der Waals surface area (Å²) in [4.78, 5) is 35.5. The van der Waals surface area contributed by atoms with Crippen LogP contribution in [0.25, 0.3) is 6.08 Å². The van der Waals surface area contributed by atoms with Crippen molar-refractivity contribution < 1.29 is 14.4 Å². The smallest absolute Gasteiger partial charge is 0.253 e. The molecule has 0 aromatic heterocycles. The lowest BCUT2D eigenvalue weighted by Gasteiger charge is -2.10. The maximum absolute atomic E-state index is 12.3. The highest BCUT2D eigenvalue weighted by Crippen LogP contribution is 2.21. The predicted molar refractivity (Wildman–Crippen MR) is 105 cm³/mol. The number of hydrogen-bond donors (Lipinski definition) is 3. The van der Waals surface area contributed by atoms with Crippen molar-refractivity contribution in [2.24, 2.45) is 0 Å². The minimum absolute atomic E-state index is 0.137. The topological polar surface area (TPSA) is 87.3 Å². The summed E-state index contributed by atoms with van der Waals surface area (Å²) in [6.45, 7) is 1.45. The SMILES string of the molecule is CC(=O)Nc1ccc(/C=C/C(=O)Nc2ccccc2C(=O)NC2CC2)cc1. The Kier molecular flexibility index (Phi) is 5.66. The van der Waals surface area contributed by atoms with Crippen molar-refractivity contribution in [3.05, 3.63) is 65.7 Å². The van der Waals surface area contributed by atoms with Crippen LogP contribution >= 0.6 is 0 Å². The Morgan fingerprint density at radius 3 is 2.33 bits per heavy atom. The van der Waals surface area contributed by atoms with Gasteiger partial charge in [0, 0.05) is 24.7 Å². The lowest BCUT2D eigenvalue weighted by Crippen LogP contribution is -2.26. The quantitative estimate of drug-likeness (QED) is 0.689. The Morgan fingerprint density at radius 2 is 1.67 bits per heavy atom. The zero-order valence-electron chi connectivity index (χ0n) is 15.0. The van der Waals surface area contributed by atoms with E-state index in [-0.39, 0.29) is 23.8 Å². The van der Waals surface area contributed by atoms with Crippen molar-refractivity contribution in [2.75, 3.05) is 10.6 Å². The fourth-order valence-corrected chi connectivity index (χ4v) is 2.51. The number of carbonyl (C=O) groups excluding carboxylic acids is 3. The van der Waals surface area contributed by atoms with E-state index in [2.05, 4.69) is 16.0 Å². The third kappa shape index (κ3) is 5.54. The summed E-state index contributed by atoms with van der Waals surface area (Å²) in [6.07, 6.45) is 5.08. The van der Waals surface area contributed by atoms with Crippen LogP contribution in [0.3, 0.4) is 0 Å². The minimum Gasteiger partial charge on any atom is -0.349 e. The van der Waals surface area contributed by atoms with Crippen LogP contribution in [-0.2, 0) is 9.59 Å². The molecule has 1 aliphatic carbocycles. The van der Waals surface area contributed by atoms with Crippen LogP contribution in [-0.4, -0.2) is 23.8 Å². The fraction of sp³-hybridized carbons (Fsp3) is 0.190. The highest BCUT2D eigenvalue weighted by molar-refractivity contribution is 6.07. The highest BCUT2D eigenvalue weighted by atomic mass is 16.2. The molecule has 1 aliphatic rings. The summed E-state index contributed by atoms with van der Waals surface area (Å²) in [5, 5.41) is 8.36. The van der Waals surface area contributed by atoms with Gasteiger partial charge in [0.1, 0.15) is 0 Å². The van der Waals surface area contributed by atoms with Crippen molar-refractivity contribution in [1.82, 2.24) is 5.32 Å². The first kappa shape index (κ1) is 18.4. The van der Waals surface area contributed by atoms with Gasteiger partial charge in [0.05, 0.1) is 11.3 Å². The van der Waals surface area contributed by atoms with Crippen molar-refractivity contribution >= 4 is 35.2 Å². The zero-order valence-corrected chi connectivity index (χ0v) is 15.0. The van der Waals surface area contributed by atoms with Crippen LogP contribution in [0, 0.1) is 0 Å². The summed E-state index contributed by atoms with van der Waals surface area (Å²) in [7, 11) is 0. The number of nitrogens with one attached hydrogen (secondary N) is 3. The molecule has 6 nitrogen and oxygen atoms in total.